The number of likely N-dealkylation sites (tertiary alicyclic amines) is 1. The Bertz CT molecular complexity index is 677. The molecular weight excluding hydrogens is 312 g/mol. The van der Waals surface area contributed by atoms with Crippen molar-refractivity contribution in [3.8, 4) is 0 Å². The predicted octanol–water partition coefficient (Wildman–Crippen LogP) is 2.58. The van der Waals surface area contributed by atoms with Crippen LogP contribution in [0.5, 0.6) is 0 Å². The molecule has 2 aromatic rings. The monoisotopic (exact) mass is 338 g/mol. The molecule has 1 saturated heterocycles. The molecule has 0 aromatic carbocycles. The van der Waals surface area contributed by atoms with Gasteiger partial charge < -0.3 is 5.32 Å². The molecule has 5 heteroatoms. The van der Waals surface area contributed by atoms with Gasteiger partial charge in [-0.3, -0.25) is 19.7 Å². The molecule has 132 valence electrons. The van der Waals surface area contributed by atoms with Gasteiger partial charge in [-0.25, -0.2) is 0 Å². The van der Waals surface area contributed by atoms with E-state index in [0.29, 0.717) is 0 Å². The van der Waals surface area contributed by atoms with Gasteiger partial charge in [-0.15, -0.1) is 0 Å². The number of aryl methyl sites for hydroxylation is 1. The zero-order valence-electron chi connectivity index (χ0n) is 14.8. The van der Waals surface area contributed by atoms with Crippen molar-refractivity contribution in [3.05, 3.63) is 60.2 Å². The number of nitrogens with zero attached hydrogens (tertiary/aromatic N) is 3. The van der Waals surface area contributed by atoms with Gasteiger partial charge in [0.2, 0.25) is 5.91 Å². The van der Waals surface area contributed by atoms with Gasteiger partial charge in [0.15, 0.2) is 0 Å². The molecule has 0 saturated carbocycles. The zero-order chi connectivity index (χ0) is 17.5. The van der Waals surface area contributed by atoms with E-state index >= 15 is 0 Å². The lowest BCUT2D eigenvalue weighted by molar-refractivity contribution is -0.132. The second-order valence-electron chi connectivity index (χ2n) is 6.67. The fraction of sp³-hybridized carbons (Fsp3) is 0.450. The largest absolute Gasteiger partial charge is 0.358 e. The third-order valence-corrected chi connectivity index (χ3v) is 5.13. The van der Waals surface area contributed by atoms with Crippen molar-refractivity contribution in [1.29, 1.82) is 0 Å². The van der Waals surface area contributed by atoms with Crippen LogP contribution in [0.15, 0.2) is 48.9 Å². The van der Waals surface area contributed by atoms with Crippen LogP contribution in [0, 0.1) is 0 Å². The fourth-order valence-electron chi connectivity index (χ4n) is 3.87. The van der Waals surface area contributed by atoms with Gasteiger partial charge in [-0.1, -0.05) is 12.1 Å². The number of pyridine rings is 2. The number of hydrogen-bond acceptors (Lipinski definition) is 4. The van der Waals surface area contributed by atoms with E-state index in [9.17, 15) is 4.79 Å². The van der Waals surface area contributed by atoms with Crippen molar-refractivity contribution in [2.24, 2.45) is 0 Å². The summed E-state index contributed by atoms with van der Waals surface area (Å²) in [7, 11) is 1.74. The summed E-state index contributed by atoms with van der Waals surface area (Å²) in [5, 5.41) is 2.90. The molecule has 0 unspecified atom stereocenters. The number of rotatable bonds is 7. The minimum absolute atomic E-state index is 0.132. The van der Waals surface area contributed by atoms with E-state index in [4.69, 9.17) is 0 Å². The molecule has 0 aliphatic carbocycles. The summed E-state index contributed by atoms with van der Waals surface area (Å²) < 4.78 is 0. The number of nitrogens with one attached hydrogen (secondary N) is 1. The normalized spacial score (nSPS) is 20.5. The quantitative estimate of drug-likeness (QED) is 0.843. The van der Waals surface area contributed by atoms with Crippen LogP contribution in [0.3, 0.4) is 0 Å². The molecule has 0 spiro atoms. The molecule has 5 nitrogen and oxygen atoms in total. The summed E-state index contributed by atoms with van der Waals surface area (Å²) in [6, 6.07) is 10.0. The Labute approximate surface area is 149 Å². The van der Waals surface area contributed by atoms with E-state index < -0.39 is 5.54 Å². The Kier molecular flexibility index (Phi) is 5.76. The second kappa shape index (κ2) is 8.21. The molecule has 0 radical (unpaired) electrons. The van der Waals surface area contributed by atoms with E-state index in [-0.39, 0.29) is 5.91 Å². The van der Waals surface area contributed by atoms with Gasteiger partial charge in [0.05, 0.1) is 5.69 Å². The molecule has 1 fully saturated rings. The number of amides is 1. The second-order valence-corrected chi connectivity index (χ2v) is 6.67. The van der Waals surface area contributed by atoms with Crippen LogP contribution in [0.1, 0.15) is 36.9 Å². The number of carbonyl (C=O) groups excluding carboxylic acids is 1. The van der Waals surface area contributed by atoms with Crippen LogP contribution in [-0.4, -0.2) is 39.9 Å². The Morgan fingerprint density at radius 2 is 2.20 bits per heavy atom. The lowest BCUT2D eigenvalue weighted by atomic mass is 9.87. The van der Waals surface area contributed by atoms with Crippen LogP contribution < -0.4 is 5.32 Å². The van der Waals surface area contributed by atoms with Crippen LogP contribution in [-0.2, 0) is 17.8 Å². The SMILES string of the molecule is CNC(=O)[C@@]1(CCCc2cccnc2)CCCN1Cc1ccccn1. The first-order valence-electron chi connectivity index (χ1n) is 9.01. The van der Waals surface area contributed by atoms with E-state index in [1.54, 1.807) is 13.2 Å². The Morgan fingerprint density at radius 1 is 1.28 bits per heavy atom. The van der Waals surface area contributed by atoms with Crippen molar-refractivity contribution in [2.75, 3.05) is 13.6 Å². The standard InChI is InChI=1S/C20H26N4O/c1-21-19(25)20(10-4-7-17-8-5-12-22-15-17)11-6-14-24(20)16-18-9-2-3-13-23-18/h2-3,5,8-9,12-13,15H,4,6-7,10-11,14,16H2,1H3,(H,21,25)/t20-/m1/s1. The summed E-state index contributed by atoms with van der Waals surface area (Å²) in [5.41, 5.74) is 1.82. The number of aromatic nitrogens is 2. The van der Waals surface area contributed by atoms with E-state index in [1.807, 2.05) is 36.7 Å². The maximum Gasteiger partial charge on any atom is 0.240 e. The average Bonchev–Trinajstić information content (AvgIpc) is 3.06. The summed E-state index contributed by atoms with van der Waals surface area (Å²) in [4.78, 5) is 23.7. The summed E-state index contributed by atoms with van der Waals surface area (Å²) >= 11 is 0. The Balaban J connectivity index is 1.71. The van der Waals surface area contributed by atoms with Crippen LogP contribution in [0.2, 0.25) is 0 Å². The molecule has 0 bridgehead atoms. The smallest absolute Gasteiger partial charge is 0.240 e. The molecule has 25 heavy (non-hydrogen) atoms. The summed E-state index contributed by atoms with van der Waals surface area (Å²) in [6.07, 6.45) is 10.2. The van der Waals surface area contributed by atoms with Crippen molar-refractivity contribution >= 4 is 5.91 Å². The number of hydrogen-bond donors (Lipinski definition) is 1. The minimum atomic E-state index is -0.422. The highest BCUT2D eigenvalue weighted by atomic mass is 16.2. The van der Waals surface area contributed by atoms with Crippen molar-refractivity contribution in [3.63, 3.8) is 0 Å². The average molecular weight is 338 g/mol. The molecule has 3 heterocycles. The first kappa shape index (κ1) is 17.5. The summed E-state index contributed by atoms with van der Waals surface area (Å²) in [5.74, 6) is 0.132. The molecule has 1 aliphatic heterocycles. The number of likely N-dealkylation sites (N-methyl/N-ethyl adjacent to an activating group) is 1. The lowest BCUT2D eigenvalue weighted by Gasteiger charge is -2.37. The van der Waals surface area contributed by atoms with Gasteiger partial charge in [0.1, 0.15) is 5.54 Å². The predicted molar refractivity (Wildman–Crippen MR) is 97.9 cm³/mol. The van der Waals surface area contributed by atoms with Crippen molar-refractivity contribution in [1.82, 2.24) is 20.2 Å². The van der Waals surface area contributed by atoms with Gasteiger partial charge in [-0.05, 0) is 62.4 Å². The first-order valence-corrected chi connectivity index (χ1v) is 9.01. The Hall–Kier alpha value is -2.27. The molecular formula is C20H26N4O. The third-order valence-electron chi connectivity index (χ3n) is 5.13. The van der Waals surface area contributed by atoms with Crippen LogP contribution in [0.4, 0.5) is 0 Å². The molecule has 1 amide bonds. The van der Waals surface area contributed by atoms with Crippen LogP contribution in [0.25, 0.3) is 0 Å². The minimum Gasteiger partial charge on any atom is -0.358 e. The highest BCUT2D eigenvalue weighted by Gasteiger charge is 2.46. The molecule has 1 N–H and O–H groups in total. The van der Waals surface area contributed by atoms with Gasteiger partial charge in [0, 0.05) is 32.2 Å². The topological polar surface area (TPSA) is 58.1 Å². The van der Waals surface area contributed by atoms with Crippen molar-refractivity contribution < 1.29 is 4.79 Å². The zero-order valence-corrected chi connectivity index (χ0v) is 14.8. The third kappa shape index (κ3) is 4.04. The maximum atomic E-state index is 12.8. The maximum absolute atomic E-state index is 12.8. The van der Waals surface area contributed by atoms with Gasteiger partial charge >= 0.3 is 0 Å². The van der Waals surface area contributed by atoms with Crippen molar-refractivity contribution in [2.45, 2.75) is 44.2 Å². The van der Waals surface area contributed by atoms with Crippen LogP contribution >= 0.6 is 0 Å². The highest BCUT2D eigenvalue weighted by molar-refractivity contribution is 5.86. The first-order chi connectivity index (χ1) is 12.2. The molecule has 3 rings (SSSR count). The summed E-state index contributed by atoms with van der Waals surface area (Å²) in [6.45, 7) is 1.66. The van der Waals surface area contributed by atoms with Gasteiger partial charge in [0.25, 0.3) is 0 Å². The highest BCUT2D eigenvalue weighted by Crippen LogP contribution is 2.35. The Morgan fingerprint density at radius 3 is 2.92 bits per heavy atom. The van der Waals surface area contributed by atoms with E-state index in [2.05, 4.69) is 26.3 Å². The molecule has 1 aliphatic rings. The van der Waals surface area contributed by atoms with E-state index in [0.717, 1.165) is 50.9 Å². The molecule has 2 aromatic heterocycles. The molecule has 1 atom stereocenters. The number of carbonyl (C=O) groups is 1. The fourth-order valence-corrected chi connectivity index (χ4v) is 3.87. The van der Waals surface area contributed by atoms with E-state index in [1.165, 1.54) is 5.56 Å². The van der Waals surface area contributed by atoms with Gasteiger partial charge in [-0.2, -0.15) is 0 Å². The lowest BCUT2D eigenvalue weighted by Crippen LogP contribution is -2.54.